The minimum Gasteiger partial charge on any atom is -0.387 e. The van der Waals surface area contributed by atoms with Crippen molar-refractivity contribution in [1.29, 1.82) is 0 Å². The summed E-state index contributed by atoms with van der Waals surface area (Å²) in [5, 5.41) is 6.33. The number of hydrogen-bond acceptors (Lipinski definition) is 5. The van der Waals surface area contributed by atoms with E-state index in [0.29, 0.717) is 18.6 Å². The molecular formula is C19H21N3O2S. The fourth-order valence-corrected chi connectivity index (χ4v) is 3.56. The maximum Gasteiger partial charge on any atom is 0.438 e. The van der Waals surface area contributed by atoms with Gasteiger partial charge in [-0.15, -0.1) is 16.4 Å². The number of aryl methyl sites for hydroxylation is 1. The van der Waals surface area contributed by atoms with E-state index in [9.17, 15) is 4.79 Å². The number of rotatable bonds is 7. The van der Waals surface area contributed by atoms with Crippen LogP contribution in [0.15, 0.2) is 51.0 Å². The molecule has 6 heteroatoms. The molecule has 1 aromatic carbocycles. The minimum atomic E-state index is -0.393. The summed E-state index contributed by atoms with van der Waals surface area (Å²) in [5.74, 6) is 0.0124. The van der Waals surface area contributed by atoms with Gasteiger partial charge in [-0.05, 0) is 41.8 Å². The van der Waals surface area contributed by atoms with Gasteiger partial charge in [0.25, 0.3) is 5.89 Å². The van der Waals surface area contributed by atoms with E-state index in [0.717, 1.165) is 17.8 Å². The van der Waals surface area contributed by atoms with E-state index >= 15 is 0 Å². The van der Waals surface area contributed by atoms with Crippen LogP contribution in [0.4, 0.5) is 0 Å². The van der Waals surface area contributed by atoms with Crippen LogP contribution in [0, 0.1) is 0 Å². The second kappa shape index (κ2) is 6.98. The van der Waals surface area contributed by atoms with E-state index in [1.54, 1.807) is 0 Å². The zero-order chi connectivity index (χ0) is 17.2. The molecule has 0 atom stereocenters. The average molecular weight is 355 g/mol. The topological polar surface area (TPSA) is 51.3 Å². The molecular weight excluding hydrogens is 334 g/mol. The molecule has 0 amide bonds. The van der Waals surface area contributed by atoms with Crippen LogP contribution in [-0.2, 0) is 19.6 Å². The lowest BCUT2D eigenvalue weighted by Gasteiger charge is -2.21. The monoisotopic (exact) mass is 355 g/mol. The second-order valence-corrected chi connectivity index (χ2v) is 7.39. The Balaban J connectivity index is 1.51. The third kappa shape index (κ3) is 3.75. The van der Waals surface area contributed by atoms with Crippen LogP contribution in [-0.4, -0.2) is 20.7 Å². The number of nitrogens with zero attached hydrogens (tertiary/aromatic N) is 3. The molecule has 1 aliphatic carbocycles. The Morgan fingerprint density at radius 3 is 2.64 bits per heavy atom. The van der Waals surface area contributed by atoms with E-state index < -0.39 is 5.76 Å². The van der Waals surface area contributed by atoms with Gasteiger partial charge in [-0.1, -0.05) is 37.3 Å². The fraction of sp³-hybridized carbons (Fsp3) is 0.368. The highest BCUT2D eigenvalue weighted by atomic mass is 32.1. The van der Waals surface area contributed by atoms with Crippen LogP contribution >= 0.6 is 11.3 Å². The van der Waals surface area contributed by atoms with Crippen LogP contribution in [0.25, 0.3) is 10.8 Å². The Morgan fingerprint density at radius 1 is 1.24 bits per heavy atom. The molecule has 4 rings (SSSR count). The third-order valence-electron chi connectivity index (χ3n) is 4.53. The largest absolute Gasteiger partial charge is 0.438 e. The quantitative estimate of drug-likeness (QED) is 0.648. The molecule has 130 valence electrons. The fourth-order valence-electron chi connectivity index (χ4n) is 2.92. The third-order valence-corrected chi connectivity index (χ3v) is 5.39. The summed E-state index contributed by atoms with van der Waals surface area (Å²) in [6.07, 6.45) is 3.40. The second-order valence-electron chi connectivity index (χ2n) is 6.44. The Kier molecular flexibility index (Phi) is 4.55. The van der Waals surface area contributed by atoms with Gasteiger partial charge in [-0.3, -0.25) is 4.90 Å². The van der Waals surface area contributed by atoms with Crippen molar-refractivity contribution in [3.8, 4) is 10.8 Å². The van der Waals surface area contributed by atoms with E-state index in [1.807, 2.05) is 17.5 Å². The summed E-state index contributed by atoms with van der Waals surface area (Å²) in [6.45, 7) is 3.45. The van der Waals surface area contributed by atoms with E-state index in [4.69, 9.17) is 4.42 Å². The van der Waals surface area contributed by atoms with Crippen molar-refractivity contribution >= 4 is 11.3 Å². The Morgan fingerprint density at radius 2 is 2.00 bits per heavy atom. The molecule has 5 nitrogen and oxygen atoms in total. The molecule has 0 unspecified atom stereocenters. The molecule has 1 aliphatic rings. The lowest BCUT2D eigenvalue weighted by molar-refractivity contribution is 0.182. The van der Waals surface area contributed by atoms with Gasteiger partial charge in [0.2, 0.25) is 0 Å². The lowest BCUT2D eigenvalue weighted by atomic mass is 10.1. The highest BCUT2D eigenvalue weighted by Crippen LogP contribution is 2.29. The number of benzene rings is 1. The summed E-state index contributed by atoms with van der Waals surface area (Å²) >= 11 is 1.52. The molecule has 0 N–H and O–H groups in total. The molecule has 25 heavy (non-hydrogen) atoms. The standard InChI is InChI=1S/C19H21N3O2S/c1-2-14-5-7-15(8-6-14)12-21(16-9-10-16)13-22-19(23)24-18(20-22)17-4-3-11-25-17/h3-8,11,16H,2,9-10,12-13H2,1H3. The highest BCUT2D eigenvalue weighted by Gasteiger charge is 2.30. The predicted molar refractivity (Wildman–Crippen MR) is 98.5 cm³/mol. The van der Waals surface area contributed by atoms with Crippen molar-refractivity contribution in [2.24, 2.45) is 0 Å². The Labute approximate surface area is 150 Å². The van der Waals surface area contributed by atoms with Crippen LogP contribution in [0.3, 0.4) is 0 Å². The molecule has 0 spiro atoms. The van der Waals surface area contributed by atoms with E-state index in [-0.39, 0.29) is 0 Å². The molecule has 1 fully saturated rings. The molecule has 3 aromatic rings. The summed E-state index contributed by atoms with van der Waals surface area (Å²) in [7, 11) is 0. The van der Waals surface area contributed by atoms with Crippen LogP contribution in [0.1, 0.15) is 30.9 Å². The summed E-state index contributed by atoms with van der Waals surface area (Å²) in [5.41, 5.74) is 2.61. The normalized spacial score (nSPS) is 14.3. The van der Waals surface area contributed by atoms with Crippen molar-refractivity contribution < 1.29 is 4.42 Å². The summed E-state index contributed by atoms with van der Waals surface area (Å²) in [6, 6.07) is 13.1. The predicted octanol–water partition coefficient (Wildman–Crippen LogP) is 3.75. The summed E-state index contributed by atoms with van der Waals surface area (Å²) in [4.78, 5) is 15.3. The average Bonchev–Trinajstić information content (AvgIpc) is 3.20. The van der Waals surface area contributed by atoms with Gasteiger partial charge >= 0.3 is 5.76 Å². The Hall–Kier alpha value is -2.18. The molecule has 0 aliphatic heterocycles. The first-order valence-corrected chi connectivity index (χ1v) is 9.54. The van der Waals surface area contributed by atoms with Crippen LogP contribution in [0.2, 0.25) is 0 Å². The Bertz CT molecular complexity index is 876. The van der Waals surface area contributed by atoms with Crippen molar-refractivity contribution in [1.82, 2.24) is 14.7 Å². The van der Waals surface area contributed by atoms with Crippen LogP contribution < -0.4 is 5.76 Å². The van der Waals surface area contributed by atoms with Gasteiger partial charge in [0, 0.05) is 12.6 Å². The number of hydrogen-bond donors (Lipinski definition) is 0. The number of aromatic nitrogens is 2. The molecule has 0 saturated heterocycles. The van der Waals surface area contributed by atoms with E-state index in [1.165, 1.54) is 40.0 Å². The lowest BCUT2D eigenvalue weighted by Crippen LogP contribution is -2.32. The maximum atomic E-state index is 12.2. The minimum absolute atomic E-state index is 0.393. The van der Waals surface area contributed by atoms with Gasteiger partial charge in [0.1, 0.15) is 6.67 Å². The SMILES string of the molecule is CCc1ccc(CN(Cn2nc(-c3cccs3)oc2=O)C2CC2)cc1. The zero-order valence-corrected chi connectivity index (χ0v) is 15.0. The van der Waals surface area contributed by atoms with Gasteiger partial charge < -0.3 is 4.42 Å². The molecule has 0 radical (unpaired) electrons. The molecule has 0 bridgehead atoms. The van der Waals surface area contributed by atoms with Crippen molar-refractivity contribution in [2.45, 2.75) is 45.4 Å². The van der Waals surface area contributed by atoms with Gasteiger partial charge in [-0.25, -0.2) is 4.79 Å². The van der Waals surface area contributed by atoms with Crippen molar-refractivity contribution in [3.05, 3.63) is 63.5 Å². The van der Waals surface area contributed by atoms with Gasteiger partial charge in [0.05, 0.1) is 4.88 Å². The zero-order valence-electron chi connectivity index (χ0n) is 14.2. The highest BCUT2D eigenvalue weighted by molar-refractivity contribution is 7.13. The first-order chi connectivity index (χ1) is 12.2. The van der Waals surface area contributed by atoms with Gasteiger partial charge in [0.15, 0.2) is 0 Å². The van der Waals surface area contributed by atoms with Crippen molar-refractivity contribution in [2.75, 3.05) is 0 Å². The maximum absolute atomic E-state index is 12.2. The van der Waals surface area contributed by atoms with Gasteiger partial charge in [-0.2, -0.15) is 4.68 Å². The van der Waals surface area contributed by atoms with Crippen LogP contribution in [0.5, 0.6) is 0 Å². The van der Waals surface area contributed by atoms with E-state index in [2.05, 4.69) is 41.2 Å². The summed E-state index contributed by atoms with van der Waals surface area (Å²) < 4.78 is 6.76. The van der Waals surface area contributed by atoms with Crippen molar-refractivity contribution in [3.63, 3.8) is 0 Å². The smallest absolute Gasteiger partial charge is 0.387 e. The first kappa shape index (κ1) is 16.3. The molecule has 2 aromatic heterocycles. The molecule has 1 saturated carbocycles. The number of thiophene rings is 1. The molecule has 2 heterocycles. The first-order valence-electron chi connectivity index (χ1n) is 8.66.